The van der Waals surface area contributed by atoms with Gasteiger partial charge in [-0.2, -0.15) is 0 Å². The highest BCUT2D eigenvalue weighted by molar-refractivity contribution is 5.97. The van der Waals surface area contributed by atoms with Crippen LogP contribution in [0.25, 0.3) is 11.1 Å². The molecule has 0 radical (unpaired) electrons. The van der Waals surface area contributed by atoms with E-state index in [2.05, 4.69) is 34.5 Å². The Bertz CT molecular complexity index is 917. The van der Waals surface area contributed by atoms with Crippen LogP contribution in [0.4, 0.5) is 0 Å². The number of nitrogens with one attached hydrogen (secondary N) is 1. The summed E-state index contributed by atoms with van der Waals surface area (Å²) in [7, 11) is 1.35. The topological polar surface area (TPSA) is 77.1 Å². The number of amides is 1. The van der Waals surface area contributed by atoms with Gasteiger partial charge in [-0.05, 0) is 47.6 Å². The number of carbonyl (C=O) groups excluding carboxylic acids is 2. The van der Waals surface area contributed by atoms with E-state index in [0.29, 0.717) is 18.8 Å². The minimum atomic E-state index is -0.662. The molecule has 176 valence electrons. The first-order valence-electron chi connectivity index (χ1n) is 11.6. The largest absolute Gasteiger partial charge is 0.467 e. The predicted octanol–water partition coefficient (Wildman–Crippen LogP) is 2.88. The molecule has 4 rings (SSSR count). The molecule has 0 aromatic heterocycles. The number of rotatable bonds is 7. The zero-order valence-electron chi connectivity index (χ0n) is 19.1. The Balaban J connectivity index is 1.38. The van der Waals surface area contributed by atoms with Crippen LogP contribution in [0.15, 0.2) is 48.5 Å². The second-order valence-corrected chi connectivity index (χ2v) is 8.59. The van der Waals surface area contributed by atoms with Gasteiger partial charge in [0.2, 0.25) is 0 Å². The molecule has 2 aliphatic rings. The highest BCUT2D eigenvalue weighted by atomic mass is 16.5. The van der Waals surface area contributed by atoms with Crippen molar-refractivity contribution in [2.45, 2.75) is 25.4 Å². The lowest BCUT2D eigenvalue weighted by Gasteiger charge is -2.29. The van der Waals surface area contributed by atoms with Gasteiger partial charge in [-0.3, -0.25) is 9.69 Å². The van der Waals surface area contributed by atoms with E-state index in [1.807, 2.05) is 12.1 Å². The number of nitrogens with zero attached hydrogens (tertiary/aromatic N) is 1. The van der Waals surface area contributed by atoms with Gasteiger partial charge in [0.05, 0.1) is 20.3 Å². The summed E-state index contributed by atoms with van der Waals surface area (Å²) in [5, 5.41) is 2.88. The van der Waals surface area contributed by atoms with Crippen LogP contribution in [0.5, 0.6) is 0 Å². The molecule has 0 saturated carbocycles. The monoisotopic (exact) mass is 452 g/mol. The fourth-order valence-electron chi connectivity index (χ4n) is 4.40. The molecule has 1 unspecified atom stereocenters. The Kier molecular flexibility index (Phi) is 8.10. The lowest BCUT2D eigenvalue weighted by atomic mass is 9.91. The Morgan fingerprint density at radius 1 is 0.939 bits per heavy atom. The van der Waals surface area contributed by atoms with Crippen molar-refractivity contribution in [2.75, 3.05) is 46.6 Å². The van der Waals surface area contributed by atoms with Crippen LogP contribution < -0.4 is 5.32 Å². The van der Waals surface area contributed by atoms with Crippen molar-refractivity contribution in [2.24, 2.45) is 5.92 Å². The molecule has 1 N–H and O–H groups in total. The van der Waals surface area contributed by atoms with Crippen molar-refractivity contribution >= 4 is 11.9 Å². The van der Waals surface area contributed by atoms with Crippen LogP contribution in [-0.4, -0.2) is 69.4 Å². The molecule has 7 nitrogen and oxygen atoms in total. The Labute approximate surface area is 195 Å². The smallest absolute Gasteiger partial charge is 0.328 e. The minimum absolute atomic E-state index is 0.0189. The third-order valence-corrected chi connectivity index (χ3v) is 6.42. The molecule has 0 aliphatic carbocycles. The first-order valence-corrected chi connectivity index (χ1v) is 11.6. The molecule has 2 aromatic rings. The molecule has 7 heteroatoms. The number of carbonyl (C=O) groups is 2. The van der Waals surface area contributed by atoms with Gasteiger partial charge in [-0.1, -0.05) is 36.4 Å². The molecule has 2 aliphatic heterocycles. The van der Waals surface area contributed by atoms with E-state index >= 15 is 0 Å². The molecule has 0 spiro atoms. The lowest BCUT2D eigenvalue weighted by molar-refractivity contribution is -0.145. The number of esters is 1. The van der Waals surface area contributed by atoms with Gasteiger partial charge in [0.15, 0.2) is 0 Å². The van der Waals surface area contributed by atoms with E-state index in [0.717, 1.165) is 56.8 Å². The highest BCUT2D eigenvalue weighted by Crippen LogP contribution is 2.23. The predicted molar refractivity (Wildman–Crippen MR) is 125 cm³/mol. The third-order valence-electron chi connectivity index (χ3n) is 6.42. The van der Waals surface area contributed by atoms with Crippen LogP contribution >= 0.6 is 0 Å². The second kappa shape index (κ2) is 11.4. The Hall–Kier alpha value is -2.74. The summed E-state index contributed by atoms with van der Waals surface area (Å²) in [5.74, 6) is -0.668. The summed E-state index contributed by atoms with van der Waals surface area (Å²) in [6, 6.07) is 15.3. The SMILES string of the molecule is COC(=O)C(NC(=O)c1ccc(-c2ccc(CN3CCOCC3)cc2)cc1)C1CCOCC1. The molecule has 1 atom stereocenters. The molecular formula is C26H32N2O5. The number of morpholine rings is 1. The van der Waals surface area contributed by atoms with Gasteiger partial charge < -0.3 is 19.5 Å². The maximum Gasteiger partial charge on any atom is 0.328 e. The molecular weight excluding hydrogens is 420 g/mol. The van der Waals surface area contributed by atoms with Crippen molar-refractivity contribution in [3.05, 3.63) is 59.7 Å². The summed E-state index contributed by atoms with van der Waals surface area (Å²) >= 11 is 0. The normalized spacial score (nSPS) is 18.5. The average Bonchev–Trinajstić information content (AvgIpc) is 2.88. The standard InChI is InChI=1S/C26H32N2O5/c1-31-26(30)24(22-10-14-32-15-11-22)27-25(29)23-8-6-21(7-9-23)20-4-2-19(3-5-20)18-28-12-16-33-17-13-28/h2-9,22,24H,10-18H2,1H3,(H,27,29). The highest BCUT2D eigenvalue weighted by Gasteiger charge is 2.32. The molecule has 2 fully saturated rings. The molecule has 2 heterocycles. The van der Waals surface area contributed by atoms with Crippen molar-refractivity contribution in [3.8, 4) is 11.1 Å². The maximum atomic E-state index is 12.8. The number of hydrogen-bond acceptors (Lipinski definition) is 6. The molecule has 33 heavy (non-hydrogen) atoms. The van der Waals surface area contributed by atoms with Crippen LogP contribution in [0.2, 0.25) is 0 Å². The fourth-order valence-corrected chi connectivity index (χ4v) is 4.40. The third kappa shape index (κ3) is 6.19. The van der Waals surface area contributed by atoms with E-state index in [1.54, 1.807) is 12.1 Å². The zero-order valence-corrected chi connectivity index (χ0v) is 19.1. The summed E-state index contributed by atoms with van der Waals surface area (Å²) < 4.78 is 15.7. The Morgan fingerprint density at radius 2 is 1.52 bits per heavy atom. The van der Waals surface area contributed by atoms with Crippen LogP contribution in [0, 0.1) is 5.92 Å². The Morgan fingerprint density at radius 3 is 2.12 bits per heavy atom. The van der Waals surface area contributed by atoms with Crippen molar-refractivity contribution in [1.29, 1.82) is 0 Å². The first-order chi connectivity index (χ1) is 16.1. The quantitative estimate of drug-likeness (QED) is 0.651. The van der Waals surface area contributed by atoms with Crippen LogP contribution in [-0.2, 0) is 25.5 Å². The van der Waals surface area contributed by atoms with Gasteiger partial charge >= 0.3 is 5.97 Å². The van der Waals surface area contributed by atoms with Gasteiger partial charge in [0.1, 0.15) is 6.04 Å². The zero-order chi connectivity index (χ0) is 23.0. The van der Waals surface area contributed by atoms with E-state index in [1.165, 1.54) is 12.7 Å². The van der Waals surface area contributed by atoms with Gasteiger partial charge in [-0.15, -0.1) is 0 Å². The minimum Gasteiger partial charge on any atom is -0.467 e. The van der Waals surface area contributed by atoms with Crippen molar-refractivity contribution < 1.29 is 23.8 Å². The van der Waals surface area contributed by atoms with E-state index in [9.17, 15) is 9.59 Å². The molecule has 2 saturated heterocycles. The fraction of sp³-hybridized carbons (Fsp3) is 0.462. The average molecular weight is 453 g/mol. The van der Waals surface area contributed by atoms with Crippen LogP contribution in [0.3, 0.4) is 0 Å². The van der Waals surface area contributed by atoms with E-state index < -0.39 is 12.0 Å². The van der Waals surface area contributed by atoms with Crippen LogP contribution in [0.1, 0.15) is 28.8 Å². The van der Waals surface area contributed by atoms with Gasteiger partial charge in [-0.25, -0.2) is 4.79 Å². The van der Waals surface area contributed by atoms with Crippen molar-refractivity contribution in [3.63, 3.8) is 0 Å². The summed E-state index contributed by atoms with van der Waals surface area (Å²) in [4.78, 5) is 27.5. The summed E-state index contributed by atoms with van der Waals surface area (Å²) in [6.07, 6.45) is 1.45. The molecule has 0 bridgehead atoms. The molecule has 2 aromatic carbocycles. The maximum absolute atomic E-state index is 12.8. The lowest BCUT2D eigenvalue weighted by Crippen LogP contribution is -2.48. The number of benzene rings is 2. The van der Waals surface area contributed by atoms with E-state index in [-0.39, 0.29) is 11.8 Å². The van der Waals surface area contributed by atoms with Gasteiger partial charge in [0, 0.05) is 38.4 Å². The number of hydrogen-bond donors (Lipinski definition) is 1. The summed E-state index contributed by atoms with van der Waals surface area (Å²) in [6.45, 7) is 5.65. The number of ether oxygens (including phenoxy) is 3. The number of methoxy groups -OCH3 is 1. The summed E-state index contributed by atoms with van der Waals surface area (Å²) in [5.41, 5.74) is 3.93. The first kappa shape index (κ1) is 23.4. The molecule has 1 amide bonds. The van der Waals surface area contributed by atoms with Crippen molar-refractivity contribution in [1.82, 2.24) is 10.2 Å². The second-order valence-electron chi connectivity index (χ2n) is 8.59. The van der Waals surface area contributed by atoms with Gasteiger partial charge in [0.25, 0.3) is 5.91 Å². The van der Waals surface area contributed by atoms with E-state index in [4.69, 9.17) is 14.2 Å².